The molecule has 0 atom stereocenters. The van der Waals surface area contributed by atoms with E-state index in [1.54, 1.807) is 35.0 Å². The van der Waals surface area contributed by atoms with Crippen molar-refractivity contribution in [2.45, 2.75) is 19.0 Å². The quantitative estimate of drug-likeness (QED) is 0.315. The Kier molecular flexibility index (Phi) is 7.75. The van der Waals surface area contributed by atoms with Crippen LogP contribution in [0.2, 0.25) is 0 Å². The van der Waals surface area contributed by atoms with Crippen molar-refractivity contribution in [2.24, 2.45) is 5.92 Å². The number of nitrogens with two attached hydrogens (primary N) is 1. The summed E-state index contributed by atoms with van der Waals surface area (Å²) in [6.07, 6.45) is 0.620. The molecule has 0 saturated carbocycles. The molecule has 0 bridgehead atoms. The normalized spacial score (nSPS) is 14.6. The predicted molar refractivity (Wildman–Crippen MR) is 147 cm³/mol. The number of nitrogens with zero attached hydrogens (tertiary/aromatic N) is 5. The molecule has 0 spiro atoms. The zero-order chi connectivity index (χ0) is 29.1. The average Bonchev–Trinajstić information content (AvgIpc) is 2.93. The maximum atomic E-state index is 13.4. The third-order valence-corrected chi connectivity index (χ3v) is 6.83. The summed E-state index contributed by atoms with van der Waals surface area (Å²) < 4.78 is 47.5. The molecule has 3 aromatic heterocycles. The summed E-state index contributed by atoms with van der Waals surface area (Å²) in [6, 6.07) is 7.87. The molecule has 4 aromatic rings. The lowest BCUT2D eigenvalue weighted by Crippen LogP contribution is -2.32. The number of amides is 2. The zero-order valence-electron chi connectivity index (χ0n) is 22.0. The van der Waals surface area contributed by atoms with Gasteiger partial charge in [0.25, 0.3) is 0 Å². The number of nitrogens with one attached hydrogen (secondary N) is 2. The second kappa shape index (κ2) is 11.4. The SMILES string of the molecule is CN1CCC(COc2ncc(C(F)(F)F)cc2NC(=O)Nc2ccc(-n3ccc(=O)c4c(N)ncnc43)cc2)CC1. The lowest BCUT2D eigenvalue weighted by molar-refractivity contribution is -0.137. The van der Waals surface area contributed by atoms with Crippen LogP contribution in [0.3, 0.4) is 0 Å². The minimum Gasteiger partial charge on any atom is -0.476 e. The molecule has 14 heteroatoms. The van der Waals surface area contributed by atoms with Crippen molar-refractivity contribution in [3.63, 3.8) is 0 Å². The molecule has 41 heavy (non-hydrogen) atoms. The average molecular weight is 569 g/mol. The molecule has 0 aliphatic carbocycles. The molecular weight excluding hydrogens is 541 g/mol. The highest BCUT2D eigenvalue weighted by molar-refractivity contribution is 6.00. The number of fused-ring (bicyclic) bond motifs is 1. The Hall–Kier alpha value is -4.72. The van der Waals surface area contributed by atoms with Gasteiger partial charge in [0, 0.05) is 29.8 Å². The van der Waals surface area contributed by atoms with Crippen LogP contribution < -0.4 is 26.5 Å². The van der Waals surface area contributed by atoms with Crippen molar-refractivity contribution < 1.29 is 22.7 Å². The Morgan fingerprint density at radius 3 is 2.54 bits per heavy atom. The summed E-state index contributed by atoms with van der Waals surface area (Å²) in [5.41, 5.74) is 5.62. The standard InChI is InChI=1S/C27H27F3N8O3/c1-37-9-6-16(7-10-37)14-41-25-20(12-17(13-32-25)27(28,29)30)36-26(40)35-18-2-4-19(5-3-18)38-11-8-21(39)22-23(31)33-15-34-24(22)38/h2-5,8,11-13,15-16H,6-7,9-10,14H2,1H3,(H2,31,33,34)(H2,35,36,40). The number of benzene rings is 1. The molecule has 11 nitrogen and oxygen atoms in total. The van der Waals surface area contributed by atoms with E-state index in [9.17, 15) is 22.8 Å². The number of carbonyl (C=O) groups is 1. The number of anilines is 3. The molecule has 2 amide bonds. The number of piperidine rings is 1. The molecule has 1 saturated heterocycles. The number of aromatic nitrogens is 4. The van der Waals surface area contributed by atoms with E-state index < -0.39 is 17.8 Å². The molecule has 4 N–H and O–H groups in total. The Morgan fingerprint density at radius 2 is 1.83 bits per heavy atom. The maximum Gasteiger partial charge on any atom is 0.417 e. The maximum absolute atomic E-state index is 13.4. The number of alkyl halides is 3. The Morgan fingerprint density at radius 1 is 1.10 bits per heavy atom. The summed E-state index contributed by atoms with van der Waals surface area (Å²) in [6.45, 7) is 2.09. The van der Waals surface area contributed by atoms with Gasteiger partial charge in [-0.15, -0.1) is 0 Å². The first-order chi connectivity index (χ1) is 19.6. The van der Waals surface area contributed by atoms with Crippen molar-refractivity contribution in [3.05, 3.63) is 70.9 Å². The summed E-state index contributed by atoms with van der Waals surface area (Å²) >= 11 is 0. The highest BCUT2D eigenvalue weighted by Crippen LogP contribution is 2.34. The van der Waals surface area contributed by atoms with Crippen LogP contribution in [0.1, 0.15) is 18.4 Å². The van der Waals surface area contributed by atoms with Crippen LogP contribution in [0.15, 0.2) is 59.9 Å². The van der Waals surface area contributed by atoms with Crippen molar-refractivity contribution in [1.82, 2.24) is 24.4 Å². The minimum atomic E-state index is -4.65. The number of ether oxygens (including phenoxy) is 1. The molecule has 0 radical (unpaired) electrons. The minimum absolute atomic E-state index is 0.0584. The van der Waals surface area contributed by atoms with Crippen LogP contribution in [0, 0.1) is 5.92 Å². The number of carbonyl (C=O) groups excluding carboxylic acids is 1. The van der Waals surface area contributed by atoms with E-state index in [0.29, 0.717) is 23.2 Å². The van der Waals surface area contributed by atoms with Crippen LogP contribution in [0.5, 0.6) is 5.88 Å². The number of hydrogen-bond acceptors (Lipinski definition) is 8. The van der Waals surface area contributed by atoms with Gasteiger partial charge in [-0.3, -0.25) is 4.79 Å². The molecule has 1 fully saturated rings. The van der Waals surface area contributed by atoms with Gasteiger partial charge in [0.15, 0.2) is 11.1 Å². The first-order valence-corrected chi connectivity index (χ1v) is 12.8. The predicted octanol–water partition coefficient (Wildman–Crippen LogP) is 4.14. The van der Waals surface area contributed by atoms with Gasteiger partial charge in [-0.05, 0) is 69.2 Å². The molecule has 1 aliphatic rings. The van der Waals surface area contributed by atoms with Crippen LogP contribution in [-0.2, 0) is 6.18 Å². The van der Waals surface area contributed by atoms with E-state index in [2.05, 4.69) is 30.5 Å². The van der Waals surface area contributed by atoms with E-state index >= 15 is 0 Å². The van der Waals surface area contributed by atoms with Gasteiger partial charge < -0.3 is 30.6 Å². The summed E-state index contributed by atoms with van der Waals surface area (Å²) in [5, 5.41) is 5.21. The van der Waals surface area contributed by atoms with Crippen molar-refractivity contribution in [3.8, 4) is 11.6 Å². The highest BCUT2D eigenvalue weighted by Gasteiger charge is 2.32. The van der Waals surface area contributed by atoms with Crippen LogP contribution in [-0.4, -0.2) is 57.2 Å². The fourth-order valence-electron chi connectivity index (χ4n) is 4.54. The smallest absolute Gasteiger partial charge is 0.417 e. The molecule has 214 valence electrons. The molecule has 1 aromatic carbocycles. The van der Waals surface area contributed by atoms with Gasteiger partial charge in [-0.2, -0.15) is 13.2 Å². The van der Waals surface area contributed by atoms with Crippen molar-refractivity contribution in [2.75, 3.05) is 43.1 Å². The number of pyridine rings is 2. The lowest BCUT2D eigenvalue weighted by atomic mass is 9.98. The second-order valence-electron chi connectivity index (χ2n) is 9.77. The van der Waals surface area contributed by atoms with Crippen molar-refractivity contribution in [1.29, 1.82) is 0 Å². The number of likely N-dealkylation sites (tertiary alicyclic amines) is 1. The fraction of sp³-hybridized carbons (Fsp3) is 0.296. The molecule has 0 unspecified atom stereocenters. The monoisotopic (exact) mass is 568 g/mol. The Bertz CT molecular complexity index is 1620. The number of hydrogen-bond donors (Lipinski definition) is 3. The molecular formula is C27H27F3N8O3. The lowest BCUT2D eigenvalue weighted by Gasteiger charge is -2.28. The molecule has 4 heterocycles. The first kappa shape index (κ1) is 27.8. The van der Waals surface area contributed by atoms with E-state index in [1.807, 2.05) is 7.05 Å². The number of rotatable bonds is 6. The Labute approximate surface area is 232 Å². The third kappa shape index (κ3) is 6.38. The van der Waals surface area contributed by atoms with E-state index in [-0.39, 0.29) is 40.7 Å². The summed E-state index contributed by atoms with van der Waals surface area (Å²) in [7, 11) is 2.03. The van der Waals surface area contributed by atoms with Crippen LogP contribution >= 0.6 is 0 Å². The van der Waals surface area contributed by atoms with Gasteiger partial charge in [0.2, 0.25) is 5.88 Å². The topological polar surface area (TPSA) is 140 Å². The second-order valence-corrected chi connectivity index (χ2v) is 9.77. The summed E-state index contributed by atoms with van der Waals surface area (Å²) in [4.78, 5) is 39.1. The van der Waals surface area contributed by atoms with E-state index in [0.717, 1.165) is 32.0 Å². The fourth-order valence-corrected chi connectivity index (χ4v) is 4.54. The van der Waals surface area contributed by atoms with Gasteiger partial charge in [-0.25, -0.2) is 19.7 Å². The first-order valence-electron chi connectivity index (χ1n) is 12.8. The van der Waals surface area contributed by atoms with Gasteiger partial charge in [0.05, 0.1) is 12.2 Å². The Balaban J connectivity index is 1.31. The van der Waals surface area contributed by atoms with E-state index in [4.69, 9.17) is 10.5 Å². The van der Waals surface area contributed by atoms with Gasteiger partial charge in [-0.1, -0.05) is 0 Å². The van der Waals surface area contributed by atoms with E-state index in [1.165, 1.54) is 12.4 Å². The number of urea groups is 1. The van der Waals surface area contributed by atoms with Crippen LogP contribution in [0.4, 0.5) is 35.2 Å². The largest absolute Gasteiger partial charge is 0.476 e. The van der Waals surface area contributed by atoms with Crippen LogP contribution in [0.25, 0.3) is 16.7 Å². The zero-order valence-corrected chi connectivity index (χ0v) is 22.0. The number of nitrogen functional groups attached to an aromatic ring is 1. The summed E-state index contributed by atoms with van der Waals surface area (Å²) in [5.74, 6) is 0.204. The van der Waals surface area contributed by atoms with Gasteiger partial charge >= 0.3 is 12.2 Å². The third-order valence-electron chi connectivity index (χ3n) is 6.83. The van der Waals surface area contributed by atoms with Crippen molar-refractivity contribution >= 4 is 34.3 Å². The number of halogens is 3. The van der Waals surface area contributed by atoms with Gasteiger partial charge in [0.1, 0.15) is 23.2 Å². The molecule has 5 rings (SSSR count). The molecule has 1 aliphatic heterocycles. The highest BCUT2D eigenvalue weighted by atomic mass is 19.4.